The molecule has 0 aliphatic heterocycles. The van der Waals surface area contributed by atoms with Gasteiger partial charge in [0.15, 0.2) is 5.76 Å². The molecule has 0 amide bonds. The Labute approximate surface area is 118 Å². The molecular weight excluding hydrogens is 252 g/mol. The van der Waals surface area contributed by atoms with E-state index >= 15 is 0 Å². The molecule has 2 aromatic rings. The number of rotatable bonds is 2. The number of furan rings is 1. The molecule has 1 fully saturated rings. The van der Waals surface area contributed by atoms with Crippen LogP contribution in [0, 0.1) is 6.92 Å². The zero-order valence-corrected chi connectivity index (χ0v) is 11.8. The van der Waals surface area contributed by atoms with Gasteiger partial charge in [0.25, 0.3) is 0 Å². The normalized spacial score (nSPS) is 18.9. The summed E-state index contributed by atoms with van der Waals surface area (Å²) in [6, 6.07) is 7.59. The SMILES string of the molecule is Cc1cccc2cc(C(=O)C3(O)CCCCCC3)oc12. The number of hydrogen-bond donors (Lipinski definition) is 1. The third-order valence-corrected chi connectivity index (χ3v) is 4.32. The number of carbonyl (C=O) groups is 1. The van der Waals surface area contributed by atoms with Crippen molar-refractivity contribution in [1.82, 2.24) is 0 Å². The largest absolute Gasteiger partial charge is 0.453 e. The number of aliphatic hydroxyl groups is 1. The molecule has 0 bridgehead atoms. The Bertz CT molecular complexity index is 631. The van der Waals surface area contributed by atoms with Crippen LogP contribution < -0.4 is 0 Å². The topological polar surface area (TPSA) is 50.4 Å². The summed E-state index contributed by atoms with van der Waals surface area (Å²) in [6.07, 6.45) is 5.08. The zero-order chi connectivity index (χ0) is 14.2. The van der Waals surface area contributed by atoms with E-state index in [4.69, 9.17) is 4.42 Å². The second kappa shape index (κ2) is 5.06. The first kappa shape index (κ1) is 13.4. The van der Waals surface area contributed by atoms with Crippen LogP contribution in [0.5, 0.6) is 0 Å². The van der Waals surface area contributed by atoms with Crippen molar-refractivity contribution in [3.8, 4) is 0 Å². The molecule has 1 aliphatic rings. The number of fused-ring (bicyclic) bond motifs is 1. The van der Waals surface area contributed by atoms with Crippen molar-refractivity contribution in [2.24, 2.45) is 0 Å². The van der Waals surface area contributed by atoms with Gasteiger partial charge < -0.3 is 9.52 Å². The molecule has 106 valence electrons. The number of aryl methyl sites for hydroxylation is 1. The van der Waals surface area contributed by atoms with Gasteiger partial charge in [-0.25, -0.2) is 0 Å². The lowest BCUT2D eigenvalue weighted by Gasteiger charge is -2.23. The molecule has 20 heavy (non-hydrogen) atoms. The molecule has 1 saturated carbocycles. The molecule has 1 heterocycles. The number of benzene rings is 1. The van der Waals surface area contributed by atoms with E-state index in [-0.39, 0.29) is 5.78 Å². The van der Waals surface area contributed by atoms with Gasteiger partial charge in [-0.1, -0.05) is 43.9 Å². The molecule has 0 spiro atoms. The molecule has 3 rings (SSSR count). The summed E-state index contributed by atoms with van der Waals surface area (Å²) in [5, 5.41) is 11.6. The molecule has 1 aliphatic carbocycles. The van der Waals surface area contributed by atoms with E-state index in [9.17, 15) is 9.90 Å². The number of hydrogen-bond acceptors (Lipinski definition) is 3. The van der Waals surface area contributed by atoms with E-state index in [0.29, 0.717) is 18.6 Å². The van der Waals surface area contributed by atoms with Gasteiger partial charge in [-0.2, -0.15) is 0 Å². The highest BCUT2D eigenvalue weighted by Crippen LogP contribution is 2.32. The Balaban J connectivity index is 1.97. The average molecular weight is 272 g/mol. The molecule has 3 nitrogen and oxygen atoms in total. The van der Waals surface area contributed by atoms with Crippen molar-refractivity contribution in [1.29, 1.82) is 0 Å². The first-order valence-corrected chi connectivity index (χ1v) is 7.36. The van der Waals surface area contributed by atoms with Gasteiger partial charge in [-0.05, 0) is 31.4 Å². The standard InChI is InChI=1S/C17H20O3/c1-12-7-6-8-13-11-14(20-15(12)13)16(18)17(19)9-4-2-3-5-10-17/h6-8,11,19H,2-5,9-10H2,1H3. The summed E-state index contributed by atoms with van der Waals surface area (Å²) in [4.78, 5) is 12.6. The van der Waals surface area contributed by atoms with Crippen molar-refractivity contribution in [3.05, 3.63) is 35.6 Å². The summed E-state index contributed by atoms with van der Waals surface area (Å²) < 4.78 is 5.71. The van der Waals surface area contributed by atoms with E-state index in [2.05, 4.69) is 0 Å². The predicted octanol–water partition coefficient (Wildman–Crippen LogP) is 4.01. The molecule has 1 aromatic carbocycles. The lowest BCUT2D eigenvalue weighted by Crippen LogP contribution is -2.37. The van der Waals surface area contributed by atoms with Crippen molar-refractivity contribution in [2.45, 2.75) is 51.0 Å². The van der Waals surface area contributed by atoms with Crippen LogP contribution in [0.25, 0.3) is 11.0 Å². The monoisotopic (exact) mass is 272 g/mol. The van der Waals surface area contributed by atoms with Crippen LogP contribution in [0.3, 0.4) is 0 Å². The lowest BCUT2D eigenvalue weighted by atomic mass is 9.88. The Hall–Kier alpha value is -1.61. The van der Waals surface area contributed by atoms with Gasteiger partial charge in [-0.3, -0.25) is 4.79 Å². The van der Waals surface area contributed by atoms with Crippen LogP contribution in [0.1, 0.15) is 54.6 Å². The van der Waals surface area contributed by atoms with Gasteiger partial charge in [0, 0.05) is 5.39 Å². The van der Waals surface area contributed by atoms with Gasteiger partial charge in [0.05, 0.1) is 0 Å². The molecular formula is C17H20O3. The lowest BCUT2D eigenvalue weighted by molar-refractivity contribution is 0.0214. The minimum Gasteiger partial charge on any atom is -0.453 e. The number of carbonyl (C=O) groups excluding carboxylic acids is 1. The van der Waals surface area contributed by atoms with Crippen LogP contribution in [0.4, 0.5) is 0 Å². The summed E-state index contributed by atoms with van der Waals surface area (Å²) in [5.74, 6) is 0.0358. The molecule has 0 radical (unpaired) electrons. The van der Waals surface area contributed by atoms with Crippen LogP contribution in [0.15, 0.2) is 28.7 Å². The molecule has 0 unspecified atom stereocenters. The van der Waals surface area contributed by atoms with E-state index < -0.39 is 5.60 Å². The van der Waals surface area contributed by atoms with Crippen LogP contribution in [-0.4, -0.2) is 16.5 Å². The first-order valence-electron chi connectivity index (χ1n) is 7.36. The molecule has 1 N–H and O–H groups in total. The fraction of sp³-hybridized carbons (Fsp3) is 0.471. The molecule has 3 heteroatoms. The fourth-order valence-corrected chi connectivity index (χ4v) is 3.09. The second-order valence-electron chi connectivity index (χ2n) is 5.88. The average Bonchev–Trinajstić information content (AvgIpc) is 2.75. The smallest absolute Gasteiger partial charge is 0.229 e. The highest BCUT2D eigenvalue weighted by Gasteiger charge is 2.38. The minimum atomic E-state index is -1.24. The third-order valence-electron chi connectivity index (χ3n) is 4.32. The van der Waals surface area contributed by atoms with E-state index in [1.807, 2.05) is 25.1 Å². The maximum Gasteiger partial charge on any atom is 0.229 e. The Morgan fingerprint density at radius 3 is 2.55 bits per heavy atom. The van der Waals surface area contributed by atoms with Crippen molar-refractivity contribution < 1.29 is 14.3 Å². The summed E-state index contributed by atoms with van der Waals surface area (Å²) in [5.41, 5.74) is 0.514. The molecule has 1 aromatic heterocycles. The van der Waals surface area contributed by atoms with E-state index in [1.165, 1.54) is 0 Å². The summed E-state index contributed by atoms with van der Waals surface area (Å²) in [7, 11) is 0. The van der Waals surface area contributed by atoms with Crippen LogP contribution in [0.2, 0.25) is 0 Å². The number of ketones is 1. The van der Waals surface area contributed by atoms with Crippen molar-refractivity contribution in [2.75, 3.05) is 0 Å². The highest BCUT2D eigenvalue weighted by molar-refractivity contribution is 6.03. The first-order chi connectivity index (χ1) is 9.60. The van der Waals surface area contributed by atoms with Crippen molar-refractivity contribution >= 4 is 16.8 Å². The number of Topliss-reactive ketones (excluding diaryl/α,β-unsaturated/α-hetero) is 1. The number of para-hydroxylation sites is 1. The molecule has 0 saturated heterocycles. The Morgan fingerprint density at radius 2 is 1.90 bits per heavy atom. The summed E-state index contributed by atoms with van der Waals surface area (Å²) in [6.45, 7) is 1.96. The maximum absolute atomic E-state index is 12.6. The Morgan fingerprint density at radius 1 is 1.20 bits per heavy atom. The minimum absolute atomic E-state index is 0.255. The third kappa shape index (κ3) is 2.27. The van der Waals surface area contributed by atoms with Crippen molar-refractivity contribution in [3.63, 3.8) is 0 Å². The zero-order valence-electron chi connectivity index (χ0n) is 11.8. The molecule has 0 atom stereocenters. The van der Waals surface area contributed by atoms with Gasteiger partial charge in [-0.15, -0.1) is 0 Å². The quantitative estimate of drug-likeness (QED) is 0.664. The maximum atomic E-state index is 12.6. The summed E-state index contributed by atoms with van der Waals surface area (Å²) >= 11 is 0. The fourth-order valence-electron chi connectivity index (χ4n) is 3.09. The van der Waals surface area contributed by atoms with E-state index in [0.717, 1.165) is 42.2 Å². The Kier molecular flexibility index (Phi) is 3.38. The van der Waals surface area contributed by atoms with E-state index in [1.54, 1.807) is 6.07 Å². The van der Waals surface area contributed by atoms with Gasteiger partial charge in [0.1, 0.15) is 11.2 Å². The van der Waals surface area contributed by atoms with Crippen LogP contribution in [-0.2, 0) is 0 Å². The van der Waals surface area contributed by atoms with Crippen LogP contribution >= 0.6 is 0 Å². The van der Waals surface area contributed by atoms with Gasteiger partial charge >= 0.3 is 0 Å². The predicted molar refractivity (Wildman–Crippen MR) is 77.9 cm³/mol. The van der Waals surface area contributed by atoms with Gasteiger partial charge in [0.2, 0.25) is 5.78 Å². The second-order valence-corrected chi connectivity index (χ2v) is 5.88. The highest BCUT2D eigenvalue weighted by atomic mass is 16.4.